The second-order valence-electron chi connectivity index (χ2n) is 18.8. The van der Waals surface area contributed by atoms with Crippen LogP contribution in [0.1, 0.15) is 0 Å². The highest BCUT2D eigenvalue weighted by molar-refractivity contribution is 6.20. The van der Waals surface area contributed by atoms with Gasteiger partial charge >= 0.3 is 0 Å². The summed E-state index contributed by atoms with van der Waals surface area (Å²) in [6.07, 6.45) is 0. The summed E-state index contributed by atoms with van der Waals surface area (Å²) in [6, 6.07) is 88.3. The molecule has 0 spiro atoms. The summed E-state index contributed by atoms with van der Waals surface area (Å²) in [5, 5.41) is 12.0. The third kappa shape index (κ3) is 5.29. The van der Waals surface area contributed by atoms with Gasteiger partial charge in [-0.15, -0.1) is 0 Å². The number of fused-ring (bicyclic) bond motifs is 15. The van der Waals surface area contributed by atoms with Gasteiger partial charge in [-0.1, -0.05) is 146 Å². The fourth-order valence-corrected chi connectivity index (χ4v) is 12.3. The fourth-order valence-electron chi connectivity index (χ4n) is 12.3. The maximum Gasteiger partial charge on any atom is 0.159 e. The van der Waals surface area contributed by atoms with Crippen LogP contribution in [0.15, 0.2) is 247 Å². The number of benzene rings is 11. The second kappa shape index (κ2) is 14.5. The zero-order valence-electron chi connectivity index (χ0n) is 38.3. The van der Waals surface area contributed by atoms with E-state index in [1.54, 1.807) is 0 Å². The summed E-state index contributed by atoms with van der Waals surface area (Å²) in [4.78, 5) is 0. The van der Waals surface area contributed by atoms with E-state index >= 15 is 0 Å². The molecule has 0 aliphatic carbocycles. The Morgan fingerprint density at radius 1 is 0.254 bits per heavy atom. The van der Waals surface area contributed by atoms with Crippen molar-refractivity contribution in [3.8, 4) is 33.9 Å². The summed E-state index contributed by atoms with van der Waals surface area (Å²) in [5.41, 5.74) is 17.9. The molecule has 71 heavy (non-hydrogen) atoms. The molecule has 330 valence electrons. The molecular formula is C66H40N4O. The Bertz CT molecular complexity index is 4830. The molecule has 5 aromatic heterocycles. The lowest BCUT2D eigenvalue weighted by Crippen LogP contribution is -1.96. The fraction of sp³-hybridized carbons (Fsp3) is 0. The summed E-state index contributed by atoms with van der Waals surface area (Å²) >= 11 is 0. The maximum atomic E-state index is 7.04. The van der Waals surface area contributed by atoms with Crippen molar-refractivity contribution in [3.63, 3.8) is 0 Å². The van der Waals surface area contributed by atoms with Crippen LogP contribution in [0.25, 0.3) is 143 Å². The lowest BCUT2D eigenvalue weighted by molar-refractivity contribution is 0.666. The minimum atomic E-state index is 0.864. The van der Waals surface area contributed by atoms with Crippen molar-refractivity contribution in [2.75, 3.05) is 0 Å². The van der Waals surface area contributed by atoms with Gasteiger partial charge < -0.3 is 22.7 Å². The molecule has 11 aromatic carbocycles. The lowest BCUT2D eigenvalue weighted by atomic mass is 9.97. The molecule has 0 amide bonds. The lowest BCUT2D eigenvalue weighted by Gasteiger charge is -2.12. The van der Waals surface area contributed by atoms with Crippen molar-refractivity contribution in [1.82, 2.24) is 18.3 Å². The van der Waals surface area contributed by atoms with Crippen molar-refractivity contribution in [2.24, 2.45) is 0 Å². The molecule has 16 aromatic rings. The van der Waals surface area contributed by atoms with E-state index in [9.17, 15) is 0 Å². The highest BCUT2D eigenvalue weighted by atomic mass is 16.3. The van der Waals surface area contributed by atoms with Crippen LogP contribution in [-0.4, -0.2) is 18.3 Å². The zero-order valence-corrected chi connectivity index (χ0v) is 38.3. The van der Waals surface area contributed by atoms with Crippen molar-refractivity contribution in [3.05, 3.63) is 243 Å². The van der Waals surface area contributed by atoms with Crippen LogP contribution in [0.2, 0.25) is 0 Å². The molecule has 0 bridgehead atoms. The van der Waals surface area contributed by atoms with E-state index in [4.69, 9.17) is 4.42 Å². The molecule has 0 aliphatic rings. The van der Waals surface area contributed by atoms with Gasteiger partial charge in [-0.3, -0.25) is 0 Å². The molecule has 5 heteroatoms. The van der Waals surface area contributed by atoms with Gasteiger partial charge in [0.15, 0.2) is 5.58 Å². The number of hydrogen-bond acceptors (Lipinski definition) is 1. The van der Waals surface area contributed by atoms with E-state index in [-0.39, 0.29) is 0 Å². The van der Waals surface area contributed by atoms with E-state index in [2.05, 4.69) is 261 Å². The molecule has 0 N–H and O–H groups in total. The van der Waals surface area contributed by atoms with Crippen LogP contribution in [0, 0.1) is 0 Å². The van der Waals surface area contributed by atoms with E-state index < -0.39 is 0 Å². The predicted molar refractivity (Wildman–Crippen MR) is 297 cm³/mol. The molecule has 0 fully saturated rings. The minimum Gasteiger partial charge on any atom is -0.454 e. The number of para-hydroxylation sites is 7. The Morgan fingerprint density at radius 3 is 1.41 bits per heavy atom. The zero-order chi connectivity index (χ0) is 46.3. The van der Waals surface area contributed by atoms with Crippen LogP contribution < -0.4 is 0 Å². The molecular weight excluding hydrogens is 865 g/mol. The van der Waals surface area contributed by atoms with E-state index in [0.717, 1.165) is 72.4 Å². The first-order valence-electron chi connectivity index (χ1n) is 24.3. The first kappa shape index (κ1) is 38.4. The van der Waals surface area contributed by atoms with Crippen molar-refractivity contribution < 1.29 is 4.42 Å². The van der Waals surface area contributed by atoms with Crippen LogP contribution in [-0.2, 0) is 0 Å². The topological polar surface area (TPSA) is 32.9 Å². The molecule has 0 saturated heterocycles. The van der Waals surface area contributed by atoms with Crippen molar-refractivity contribution >= 4 is 109 Å². The quantitative estimate of drug-likeness (QED) is 0.169. The number of furan rings is 1. The number of aromatic nitrogens is 4. The number of nitrogens with zero attached hydrogens (tertiary/aromatic N) is 4. The predicted octanol–water partition coefficient (Wildman–Crippen LogP) is 17.6. The summed E-state index contributed by atoms with van der Waals surface area (Å²) in [6.45, 7) is 0. The van der Waals surface area contributed by atoms with E-state index in [1.165, 1.54) is 70.7 Å². The van der Waals surface area contributed by atoms with Crippen LogP contribution >= 0.6 is 0 Å². The van der Waals surface area contributed by atoms with Gasteiger partial charge in [-0.2, -0.15) is 0 Å². The average molecular weight is 905 g/mol. The summed E-state index contributed by atoms with van der Waals surface area (Å²) in [5.74, 6) is 0. The van der Waals surface area contributed by atoms with Gasteiger partial charge in [0.05, 0.1) is 55.5 Å². The largest absolute Gasteiger partial charge is 0.454 e. The number of hydrogen-bond donors (Lipinski definition) is 0. The Morgan fingerprint density at radius 2 is 0.718 bits per heavy atom. The summed E-state index contributed by atoms with van der Waals surface area (Å²) in [7, 11) is 0. The van der Waals surface area contributed by atoms with Crippen LogP contribution in [0.4, 0.5) is 0 Å². The average Bonchev–Trinajstić information content (AvgIpc) is 4.24. The van der Waals surface area contributed by atoms with Gasteiger partial charge in [0, 0.05) is 65.2 Å². The highest BCUT2D eigenvalue weighted by Gasteiger charge is 2.23. The Kier molecular flexibility index (Phi) is 7.82. The van der Waals surface area contributed by atoms with Crippen molar-refractivity contribution in [1.29, 1.82) is 0 Å². The normalized spacial score (nSPS) is 12.2. The molecule has 0 atom stereocenters. The van der Waals surface area contributed by atoms with Gasteiger partial charge in [-0.05, 0) is 108 Å². The molecule has 16 rings (SSSR count). The Hall–Kier alpha value is -9.58. The van der Waals surface area contributed by atoms with Gasteiger partial charge in [0.2, 0.25) is 0 Å². The third-order valence-corrected chi connectivity index (χ3v) is 15.2. The van der Waals surface area contributed by atoms with Gasteiger partial charge in [0.25, 0.3) is 0 Å². The maximum absolute atomic E-state index is 7.04. The molecule has 5 nitrogen and oxygen atoms in total. The van der Waals surface area contributed by atoms with Gasteiger partial charge in [-0.25, -0.2) is 0 Å². The molecule has 0 unspecified atom stereocenters. The Labute approximate surface area is 406 Å². The van der Waals surface area contributed by atoms with Crippen molar-refractivity contribution in [2.45, 2.75) is 0 Å². The standard InChI is InChI=1S/C66H40N4O/c1-2-17-42(18-3-1)67-57-30-13-8-23-49(57)65-60(67)31-16-32-61(65)69-55-28-11-6-21-47(55)51-39-41(35-37-58(51)69)44-24-15-34-63-64(44)50-25-14-33-62(66(50)71-63)70-56-29-12-7-22-48(56)52-40-43(36-38-59(52)70)68-53-26-9-4-19-45(53)46-20-5-10-27-54(46)68/h1-40H. The SMILES string of the molecule is c1ccc(-n2c3ccccc3c3c(-n4c5ccccc5c5cc(-c6cccc7oc8c(-n9c%10ccccc%10c%10cc(-n%11c%12ccccc%12c%12ccccc%12%11)ccc%109)cccc8c67)ccc54)cccc32)cc1. The third-order valence-electron chi connectivity index (χ3n) is 15.2. The molecule has 5 heterocycles. The smallest absolute Gasteiger partial charge is 0.159 e. The van der Waals surface area contributed by atoms with E-state index in [0.29, 0.717) is 0 Å². The monoisotopic (exact) mass is 904 g/mol. The first-order chi connectivity index (χ1) is 35.3. The minimum absolute atomic E-state index is 0.864. The van der Waals surface area contributed by atoms with Crippen LogP contribution in [0.3, 0.4) is 0 Å². The second-order valence-corrected chi connectivity index (χ2v) is 18.8. The van der Waals surface area contributed by atoms with E-state index in [1.807, 2.05) is 0 Å². The highest BCUT2D eigenvalue weighted by Crippen LogP contribution is 2.45. The molecule has 0 aliphatic heterocycles. The van der Waals surface area contributed by atoms with Crippen LogP contribution in [0.5, 0.6) is 0 Å². The van der Waals surface area contributed by atoms with Gasteiger partial charge in [0.1, 0.15) is 5.58 Å². The Balaban J connectivity index is 0.880. The summed E-state index contributed by atoms with van der Waals surface area (Å²) < 4.78 is 16.7. The number of rotatable bonds is 5. The first-order valence-corrected chi connectivity index (χ1v) is 24.3. The molecule has 0 radical (unpaired) electrons. The molecule has 0 saturated carbocycles.